The molecule has 0 spiro atoms. The molecular formula is C16H25N3. The monoisotopic (exact) mass is 259 g/mol. The molecule has 1 saturated heterocycles. The lowest BCUT2D eigenvalue weighted by molar-refractivity contribution is 0.563. The number of anilines is 1. The lowest BCUT2D eigenvalue weighted by Crippen LogP contribution is -2.44. The Kier molecular flexibility index (Phi) is 4.34. The summed E-state index contributed by atoms with van der Waals surface area (Å²) in [6.07, 6.45) is 10.3. The normalized spacial score (nSPS) is 22.2. The van der Waals surface area contributed by atoms with Gasteiger partial charge in [-0.25, -0.2) is 4.98 Å². The molecule has 3 nitrogen and oxygen atoms in total. The third kappa shape index (κ3) is 3.08. The summed E-state index contributed by atoms with van der Waals surface area (Å²) in [4.78, 5) is 7.18. The van der Waals surface area contributed by atoms with E-state index in [4.69, 9.17) is 4.98 Å². The van der Waals surface area contributed by atoms with Gasteiger partial charge in [0.1, 0.15) is 5.82 Å². The highest BCUT2D eigenvalue weighted by molar-refractivity contribution is 5.49. The molecule has 2 heterocycles. The first-order valence-electron chi connectivity index (χ1n) is 7.86. The lowest BCUT2D eigenvalue weighted by atomic mass is 9.92. The van der Waals surface area contributed by atoms with Crippen molar-refractivity contribution < 1.29 is 0 Å². The number of hydrogen-bond acceptors (Lipinski definition) is 3. The van der Waals surface area contributed by atoms with Gasteiger partial charge in [0, 0.05) is 32.4 Å². The molecule has 1 saturated carbocycles. The Balaban J connectivity index is 1.83. The van der Waals surface area contributed by atoms with Crippen molar-refractivity contribution in [2.45, 2.75) is 44.4 Å². The van der Waals surface area contributed by atoms with Crippen LogP contribution in [-0.4, -0.2) is 31.2 Å². The highest BCUT2D eigenvalue weighted by atomic mass is 15.2. The van der Waals surface area contributed by atoms with E-state index in [0.717, 1.165) is 32.1 Å². The van der Waals surface area contributed by atoms with Crippen molar-refractivity contribution in [3.63, 3.8) is 0 Å². The van der Waals surface area contributed by atoms with Crippen LogP contribution in [0, 0.1) is 0 Å². The highest BCUT2D eigenvalue weighted by Crippen LogP contribution is 2.35. The first-order chi connectivity index (χ1) is 9.45. The van der Waals surface area contributed by atoms with Gasteiger partial charge in [0.05, 0.1) is 0 Å². The van der Waals surface area contributed by atoms with E-state index in [1.165, 1.54) is 49.9 Å². The van der Waals surface area contributed by atoms with Crippen LogP contribution in [0.5, 0.6) is 0 Å². The van der Waals surface area contributed by atoms with Gasteiger partial charge in [-0.05, 0) is 30.4 Å². The van der Waals surface area contributed by atoms with Gasteiger partial charge in [-0.3, -0.25) is 0 Å². The maximum atomic E-state index is 4.71. The molecule has 1 aromatic rings. The summed E-state index contributed by atoms with van der Waals surface area (Å²) in [5, 5.41) is 3.42. The molecule has 0 aromatic carbocycles. The summed E-state index contributed by atoms with van der Waals surface area (Å²) in [6.45, 7) is 4.36. The first-order valence-corrected chi connectivity index (χ1v) is 7.86. The number of pyridine rings is 1. The zero-order chi connectivity index (χ0) is 12.9. The highest BCUT2D eigenvalue weighted by Gasteiger charge is 2.21. The number of nitrogens with zero attached hydrogens (tertiary/aromatic N) is 2. The van der Waals surface area contributed by atoms with Crippen molar-refractivity contribution in [1.29, 1.82) is 0 Å². The van der Waals surface area contributed by atoms with E-state index in [1.807, 2.05) is 6.20 Å². The molecule has 1 aliphatic heterocycles. The minimum absolute atomic E-state index is 0.737. The molecular weight excluding hydrogens is 234 g/mol. The number of aromatic nitrogens is 1. The number of nitrogens with one attached hydrogen (secondary N) is 1. The van der Waals surface area contributed by atoms with Gasteiger partial charge in [-0.1, -0.05) is 31.7 Å². The second kappa shape index (κ2) is 6.38. The smallest absolute Gasteiger partial charge is 0.132 e. The van der Waals surface area contributed by atoms with Crippen LogP contribution in [0.4, 0.5) is 5.82 Å². The fourth-order valence-electron chi connectivity index (χ4n) is 3.46. The van der Waals surface area contributed by atoms with Crippen molar-refractivity contribution in [3.05, 3.63) is 23.9 Å². The molecule has 1 N–H and O–H groups in total. The Bertz CT molecular complexity index is 391. The van der Waals surface area contributed by atoms with Crippen molar-refractivity contribution in [2.24, 2.45) is 0 Å². The Hall–Kier alpha value is -1.09. The van der Waals surface area contributed by atoms with E-state index in [-0.39, 0.29) is 0 Å². The van der Waals surface area contributed by atoms with Crippen molar-refractivity contribution in [2.75, 3.05) is 31.1 Å². The molecule has 0 unspecified atom stereocenters. The Morgan fingerprint density at radius 1 is 1.05 bits per heavy atom. The van der Waals surface area contributed by atoms with E-state index in [2.05, 4.69) is 22.3 Å². The molecule has 3 rings (SSSR count). The predicted molar refractivity (Wildman–Crippen MR) is 79.8 cm³/mol. The number of hydrogen-bond donors (Lipinski definition) is 1. The second-order valence-electron chi connectivity index (χ2n) is 5.84. The van der Waals surface area contributed by atoms with Gasteiger partial charge in [0.2, 0.25) is 0 Å². The molecule has 0 atom stereocenters. The summed E-state index contributed by atoms with van der Waals surface area (Å²) < 4.78 is 0. The summed E-state index contributed by atoms with van der Waals surface area (Å²) in [5.74, 6) is 2.00. The average Bonchev–Trinajstić information content (AvgIpc) is 2.77. The summed E-state index contributed by atoms with van der Waals surface area (Å²) in [6, 6.07) is 4.44. The molecule has 1 aliphatic carbocycles. The fraction of sp³-hybridized carbons (Fsp3) is 0.688. The van der Waals surface area contributed by atoms with Gasteiger partial charge >= 0.3 is 0 Å². The molecule has 1 aromatic heterocycles. The lowest BCUT2D eigenvalue weighted by Gasteiger charge is -2.31. The zero-order valence-electron chi connectivity index (χ0n) is 11.8. The molecule has 3 heteroatoms. The van der Waals surface area contributed by atoms with E-state index >= 15 is 0 Å². The van der Waals surface area contributed by atoms with E-state index in [0.29, 0.717) is 0 Å². The van der Waals surface area contributed by atoms with Crippen LogP contribution in [0.2, 0.25) is 0 Å². The van der Waals surface area contributed by atoms with Gasteiger partial charge < -0.3 is 10.2 Å². The van der Waals surface area contributed by atoms with Gasteiger partial charge in [0.25, 0.3) is 0 Å². The maximum absolute atomic E-state index is 4.71. The van der Waals surface area contributed by atoms with E-state index in [1.54, 1.807) is 0 Å². The maximum Gasteiger partial charge on any atom is 0.132 e. The van der Waals surface area contributed by atoms with Crippen LogP contribution in [0.25, 0.3) is 0 Å². The van der Waals surface area contributed by atoms with E-state index < -0.39 is 0 Å². The molecule has 0 bridgehead atoms. The molecule has 104 valence electrons. The summed E-state index contributed by atoms with van der Waals surface area (Å²) >= 11 is 0. The van der Waals surface area contributed by atoms with Crippen molar-refractivity contribution >= 4 is 5.82 Å². The average molecular weight is 259 g/mol. The van der Waals surface area contributed by atoms with Crippen molar-refractivity contribution in [3.8, 4) is 0 Å². The topological polar surface area (TPSA) is 28.2 Å². The zero-order valence-corrected chi connectivity index (χ0v) is 11.8. The summed E-state index contributed by atoms with van der Waals surface area (Å²) in [5.41, 5.74) is 1.51. The van der Waals surface area contributed by atoms with Gasteiger partial charge in [0.15, 0.2) is 0 Å². The van der Waals surface area contributed by atoms with Crippen LogP contribution in [0.15, 0.2) is 18.3 Å². The van der Waals surface area contributed by atoms with Crippen LogP contribution in [-0.2, 0) is 0 Å². The van der Waals surface area contributed by atoms with Gasteiger partial charge in [-0.2, -0.15) is 0 Å². The standard InChI is InChI=1S/C16H25N3/c1-2-4-7-14(6-3-1)15-8-5-9-18-16(15)19-12-10-17-11-13-19/h5,8-9,14,17H,1-4,6-7,10-13H2. The minimum atomic E-state index is 0.737. The Labute approximate surface area is 116 Å². The number of rotatable bonds is 2. The predicted octanol–water partition coefficient (Wildman–Crippen LogP) is 2.93. The SMILES string of the molecule is c1cnc(N2CCNCC2)c(C2CCCCCC2)c1. The van der Waals surface area contributed by atoms with Gasteiger partial charge in [-0.15, -0.1) is 0 Å². The Morgan fingerprint density at radius 3 is 2.53 bits per heavy atom. The van der Waals surface area contributed by atoms with E-state index in [9.17, 15) is 0 Å². The van der Waals surface area contributed by atoms with Crippen LogP contribution >= 0.6 is 0 Å². The molecule has 19 heavy (non-hydrogen) atoms. The minimum Gasteiger partial charge on any atom is -0.354 e. The summed E-state index contributed by atoms with van der Waals surface area (Å²) in [7, 11) is 0. The van der Waals surface area contributed by atoms with Crippen LogP contribution < -0.4 is 10.2 Å². The number of piperazine rings is 1. The van der Waals surface area contributed by atoms with Crippen LogP contribution in [0.1, 0.15) is 50.0 Å². The van der Waals surface area contributed by atoms with Crippen molar-refractivity contribution in [1.82, 2.24) is 10.3 Å². The molecule has 2 aliphatic rings. The Morgan fingerprint density at radius 2 is 1.79 bits per heavy atom. The molecule has 0 radical (unpaired) electrons. The third-order valence-electron chi connectivity index (χ3n) is 4.53. The third-order valence-corrected chi connectivity index (χ3v) is 4.53. The van der Waals surface area contributed by atoms with Crippen LogP contribution in [0.3, 0.4) is 0 Å². The second-order valence-corrected chi connectivity index (χ2v) is 5.84. The quantitative estimate of drug-likeness (QED) is 0.828. The molecule has 0 amide bonds. The fourth-order valence-corrected chi connectivity index (χ4v) is 3.46. The largest absolute Gasteiger partial charge is 0.354 e. The molecule has 2 fully saturated rings. The first kappa shape index (κ1) is 12.9.